The molecule has 1 saturated carbocycles. The molecule has 200 valence electrons. The van der Waals surface area contributed by atoms with Crippen LogP contribution in [0.5, 0.6) is 11.5 Å². The van der Waals surface area contributed by atoms with Crippen molar-refractivity contribution < 1.29 is 23.8 Å². The average Bonchev–Trinajstić information content (AvgIpc) is 2.92. The molecule has 2 aliphatic carbocycles. The van der Waals surface area contributed by atoms with Crippen LogP contribution < -0.4 is 14.8 Å². The molecular formula is C32H37NO5. The Morgan fingerprint density at radius 1 is 0.895 bits per heavy atom. The highest BCUT2D eigenvalue weighted by molar-refractivity contribution is 6.04. The number of methoxy groups -OCH3 is 2. The zero-order valence-electron chi connectivity index (χ0n) is 22.8. The lowest BCUT2D eigenvalue weighted by atomic mass is 9.71. The van der Waals surface area contributed by atoms with Gasteiger partial charge in [0.15, 0.2) is 17.3 Å². The molecule has 0 amide bonds. The van der Waals surface area contributed by atoms with Crippen LogP contribution in [0.15, 0.2) is 65.0 Å². The number of rotatable bonds is 6. The predicted octanol–water partition coefficient (Wildman–Crippen LogP) is 6.25. The van der Waals surface area contributed by atoms with E-state index in [2.05, 4.69) is 11.4 Å². The monoisotopic (exact) mass is 515 g/mol. The van der Waals surface area contributed by atoms with Crippen LogP contribution in [0.4, 0.5) is 0 Å². The van der Waals surface area contributed by atoms with Crippen molar-refractivity contribution >= 4 is 11.8 Å². The summed E-state index contributed by atoms with van der Waals surface area (Å²) in [6, 6.07) is 14.0. The summed E-state index contributed by atoms with van der Waals surface area (Å²) in [6.07, 6.45) is 6.14. The van der Waals surface area contributed by atoms with Gasteiger partial charge in [-0.2, -0.15) is 0 Å². The Morgan fingerprint density at radius 3 is 2.37 bits per heavy atom. The molecule has 1 heterocycles. The Hall–Kier alpha value is -3.54. The van der Waals surface area contributed by atoms with Crippen molar-refractivity contribution in [2.45, 2.75) is 76.7 Å². The van der Waals surface area contributed by atoms with E-state index in [0.717, 1.165) is 53.8 Å². The predicted molar refractivity (Wildman–Crippen MR) is 146 cm³/mol. The number of benzene rings is 2. The SMILES string of the molecule is COc1ccc([C@H]2CC(=O)C3=C(C2)NC(C)=C(C(=O)OC2CCCCC2)[C@@H]3c2cccc(C)c2)cc1OC. The van der Waals surface area contributed by atoms with Gasteiger partial charge >= 0.3 is 5.97 Å². The summed E-state index contributed by atoms with van der Waals surface area (Å²) >= 11 is 0. The molecular weight excluding hydrogens is 478 g/mol. The summed E-state index contributed by atoms with van der Waals surface area (Å²) < 4.78 is 16.9. The Kier molecular flexibility index (Phi) is 7.59. The second kappa shape index (κ2) is 11.1. The van der Waals surface area contributed by atoms with Gasteiger partial charge in [-0.05, 0) is 75.1 Å². The molecule has 1 aliphatic heterocycles. The van der Waals surface area contributed by atoms with Crippen molar-refractivity contribution in [3.8, 4) is 11.5 Å². The second-order valence-corrected chi connectivity index (χ2v) is 10.7. The molecule has 1 fully saturated rings. The molecule has 2 atom stereocenters. The highest BCUT2D eigenvalue weighted by Gasteiger charge is 2.42. The van der Waals surface area contributed by atoms with E-state index in [4.69, 9.17) is 14.2 Å². The molecule has 38 heavy (non-hydrogen) atoms. The topological polar surface area (TPSA) is 73.9 Å². The molecule has 0 bridgehead atoms. The van der Waals surface area contributed by atoms with Gasteiger partial charge in [-0.25, -0.2) is 4.79 Å². The van der Waals surface area contributed by atoms with Crippen LogP contribution in [-0.2, 0) is 14.3 Å². The van der Waals surface area contributed by atoms with Gasteiger partial charge in [0.25, 0.3) is 0 Å². The zero-order valence-corrected chi connectivity index (χ0v) is 22.8. The maximum Gasteiger partial charge on any atom is 0.337 e. The van der Waals surface area contributed by atoms with Gasteiger partial charge in [0, 0.05) is 29.3 Å². The summed E-state index contributed by atoms with van der Waals surface area (Å²) in [6.45, 7) is 3.96. The molecule has 2 aromatic rings. The average molecular weight is 516 g/mol. The third-order valence-electron chi connectivity index (χ3n) is 8.13. The van der Waals surface area contributed by atoms with Gasteiger partial charge in [-0.1, -0.05) is 42.3 Å². The summed E-state index contributed by atoms with van der Waals surface area (Å²) in [7, 11) is 3.23. The molecule has 0 radical (unpaired) electrons. The van der Waals surface area contributed by atoms with Crippen molar-refractivity contribution in [3.05, 3.63) is 81.7 Å². The highest BCUT2D eigenvalue weighted by Crippen LogP contribution is 2.46. The molecule has 2 aromatic carbocycles. The lowest BCUT2D eigenvalue weighted by Gasteiger charge is -2.37. The molecule has 0 aromatic heterocycles. The number of aryl methyl sites for hydroxylation is 1. The van der Waals surface area contributed by atoms with Gasteiger partial charge in [-0.3, -0.25) is 4.79 Å². The molecule has 6 nitrogen and oxygen atoms in total. The number of Topliss-reactive ketones (excluding diaryl/α,β-unsaturated/α-hetero) is 1. The molecule has 3 aliphatic rings. The first-order valence-electron chi connectivity index (χ1n) is 13.6. The minimum absolute atomic E-state index is 0.00439. The summed E-state index contributed by atoms with van der Waals surface area (Å²) in [4.78, 5) is 27.6. The Morgan fingerprint density at radius 2 is 1.66 bits per heavy atom. The molecule has 5 rings (SSSR count). The third-order valence-corrected chi connectivity index (χ3v) is 8.13. The number of esters is 1. The van der Waals surface area contributed by atoms with Crippen LogP contribution in [0.3, 0.4) is 0 Å². The number of hydrogen-bond acceptors (Lipinski definition) is 6. The molecule has 0 unspecified atom stereocenters. The van der Waals surface area contributed by atoms with E-state index in [9.17, 15) is 9.59 Å². The first-order valence-corrected chi connectivity index (χ1v) is 13.6. The number of ether oxygens (including phenoxy) is 3. The smallest absolute Gasteiger partial charge is 0.337 e. The standard InChI is InChI=1S/C32H37NO5/c1-19-9-8-10-22(15-19)30-29(32(35)38-24-11-6-5-7-12-24)20(2)33-25-16-23(17-26(34)31(25)30)21-13-14-27(36-3)28(18-21)37-4/h8-10,13-15,18,23-24,30,33H,5-7,11-12,16-17H2,1-4H3/t23-,30+/m1/s1. The minimum atomic E-state index is -0.443. The molecule has 0 spiro atoms. The van der Waals surface area contributed by atoms with E-state index >= 15 is 0 Å². The summed E-state index contributed by atoms with van der Waals surface area (Å²) in [5.41, 5.74) is 5.96. The van der Waals surface area contributed by atoms with Gasteiger partial charge < -0.3 is 19.5 Å². The fourth-order valence-corrected chi connectivity index (χ4v) is 6.23. The van der Waals surface area contributed by atoms with Gasteiger partial charge in [0.05, 0.1) is 19.8 Å². The highest BCUT2D eigenvalue weighted by atomic mass is 16.5. The van der Waals surface area contributed by atoms with Gasteiger partial charge in [-0.15, -0.1) is 0 Å². The fourth-order valence-electron chi connectivity index (χ4n) is 6.23. The normalized spacial score (nSPS) is 22.1. The van der Waals surface area contributed by atoms with Crippen molar-refractivity contribution in [1.82, 2.24) is 5.32 Å². The van der Waals surface area contributed by atoms with Crippen LogP contribution in [0.1, 0.15) is 80.4 Å². The van der Waals surface area contributed by atoms with E-state index < -0.39 is 5.92 Å². The Balaban J connectivity index is 1.51. The number of carbonyl (C=O) groups excluding carboxylic acids is 2. The first kappa shape index (κ1) is 26.1. The van der Waals surface area contributed by atoms with Crippen molar-refractivity contribution in [1.29, 1.82) is 0 Å². The van der Waals surface area contributed by atoms with E-state index in [1.165, 1.54) is 6.42 Å². The van der Waals surface area contributed by atoms with E-state index in [1.807, 2.05) is 50.2 Å². The van der Waals surface area contributed by atoms with Crippen molar-refractivity contribution in [2.24, 2.45) is 0 Å². The van der Waals surface area contributed by atoms with E-state index in [0.29, 0.717) is 35.5 Å². The number of nitrogens with one attached hydrogen (secondary N) is 1. The van der Waals surface area contributed by atoms with Gasteiger partial charge in [0.1, 0.15) is 6.10 Å². The Bertz CT molecular complexity index is 1300. The molecule has 1 N–H and O–H groups in total. The number of ketones is 1. The molecule has 6 heteroatoms. The van der Waals surface area contributed by atoms with Crippen LogP contribution in [0.2, 0.25) is 0 Å². The number of dihydropyridines is 1. The second-order valence-electron chi connectivity index (χ2n) is 10.7. The van der Waals surface area contributed by atoms with Crippen molar-refractivity contribution in [3.63, 3.8) is 0 Å². The summed E-state index contributed by atoms with van der Waals surface area (Å²) in [5.74, 6) is 0.607. The van der Waals surface area contributed by atoms with E-state index in [1.54, 1.807) is 14.2 Å². The number of hydrogen-bond donors (Lipinski definition) is 1. The maximum atomic E-state index is 13.9. The quantitative estimate of drug-likeness (QED) is 0.459. The Labute approximate surface area is 225 Å². The largest absolute Gasteiger partial charge is 0.493 e. The van der Waals surface area contributed by atoms with Crippen LogP contribution in [0.25, 0.3) is 0 Å². The molecule has 0 saturated heterocycles. The number of carbonyl (C=O) groups is 2. The third kappa shape index (κ3) is 5.09. The lowest BCUT2D eigenvalue weighted by Crippen LogP contribution is -2.37. The number of allylic oxidation sites excluding steroid dienone is 3. The first-order chi connectivity index (χ1) is 18.4. The summed E-state index contributed by atoms with van der Waals surface area (Å²) in [5, 5.41) is 3.46. The van der Waals surface area contributed by atoms with E-state index in [-0.39, 0.29) is 23.8 Å². The van der Waals surface area contributed by atoms with Crippen LogP contribution in [0, 0.1) is 6.92 Å². The minimum Gasteiger partial charge on any atom is -0.493 e. The fraction of sp³-hybridized carbons (Fsp3) is 0.438. The van der Waals surface area contributed by atoms with Gasteiger partial charge in [0.2, 0.25) is 0 Å². The van der Waals surface area contributed by atoms with Crippen LogP contribution >= 0.6 is 0 Å². The lowest BCUT2D eigenvalue weighted by molar-refractivity contribution is -0.146. The van der Waals surface area contributed by atoms with Crippen LogP contribution in [-0.4, -0.2) is 32.1 Å². The van der Waals surface area contributed by atoms with Crippen molar-refractivity contribution in [2.75, 3.05) is 14.2 Å². The zero-order chi connectivity index (χ0) is 26.8. The maximum absolute atomic E-state index is 13.9.